The molecule has 0 fully saturated rings. The molecular weight excluding hydrogens is 322 g/mol. The normalized spacial score (nSPS) is 10.3. The molecule has 1 heterocycles. The van der Waals surface area contributed by atoms with Crippen molar-refractivity contribution in [1.29, 1.82) is 0 Å². The lowest BCUT2D eigenvalue weighted by Crippen LogP contribution is -2.07. The van der Waals surface area contributed by atoms with Crippen molar-refractivity contribution in [2.24, 2.45) is 0 Å². The van der Waals surface area contributed by atoms with E-state index < -0.39 is 5.97 Å². The maximum absolute atomic E-state index is 12.2. The number of hydrogen-bond donors (Lipinski definition) is 0. The summed E-state index contributed by atoms with van der Waals surface area (Å²) < 4.78 is 20.9. The lowest BCUT2D eigenvalue weighted by molar-refractivity contribution is 0.0460. The molecule has 128 valence electrons. The quantitative estimate of drug-likeness (QED) is 0.638. The molecule has 3 aromatic rings. The van der Waals surface area contributed by atoms with E-state index in [0.29, 0.717) is 22.8 Å². The highest BCUT2D eigenvalue weighted by Crippen LogP contribution is 2.25. The molecule has 0 aliphatic heterocycles. The third kappa shape index (κ3) is 3.80. The number of esters is 1. The number of methoxy groups -OCH3 is 2. The minimum Gasteiger partial charge on any atom is -0.497 e. The van der Waals surface area contributed by atoms with E-state index in [1.165, 1.54) is 7.11 Å². The van der Waals surface area contributed by atoms with E-state index in [1.807, 2.05) is 24.3 Å². The molecule has 0 aliphatic rings. The molecule has 0 bridgehead atoms. The topological polar surface area (TPSA) is 70.8 Å². The van der Waals surface area contributed by atoms with Gasteiger partial charge in [-0.2, -0.15) is 0 Å². The molecule has 6 nitrogen and oxygen atoms in total. The van der Waals surface area contributed by atoms with Crippen molar-refractivity contribution in [3.05, 3.63) is 65.9 Å². The van der Waals surface area contributed by atoms with Gasteiger partial charge in [0.25, 0.3) is 0 Å². The summed E-state index contributed by atoms with van der Waals surface area (Å²) >= 11 is 0. The average Bonchev–Trinajstić information content (AvgIpc) is 3.15. The Kier molecular flexibility index (Phi) is 4.99. The summed E-state index contributed by atoms with van der Waals surface area (Å²) in [5, 5.41) is 3.93. The summed E-state index contributed by atoms with van der Waals surface area (Å²) in [5.41, 5.74) is 1.71. The number of benzene rings is 2. The molecule has 0 unspecified atom stereocenters. The van der Waals surface area contributed by atoms with Gasteiger partial charge in [0.2, 0.25) is 0 Å². The van der Waals surface area contributed by atoms with E-state index in [0.717, 1.165) is 11.3 Å². The van der Waals surface area contributed by atoms with Crippen LogP contribution in [0.1, 0.15) is 16.1 Å². The first kappa shape index (κ1) is 16.6. The standard InChI is InChI=1S/C19H17NO5/c1-22-15-7-5-6-13(10-15)18-11-14(20-25-18)12-24-19(21)16-8-3-4-9-17(16)23-2/h3-11H,12H2,1-2H3. The van der Waals surface area contributed by atoms with Gasteiger partial charge in [-0.05, 0) is 24.3 Å². The molecule has 1 aromatic heterocycles. The Hall–Kier alpha value is -3.28. The summed E-state index contributed by atoms with van der Waals surface area (Å²) in [4.78, 5) is 12.2. The van der Waals surface area contributed by atoms with Crippen LogP contribution in [0.4, 0.5) is 0 Å². The third-order valence-corrected chi connectivity index (χ3v) is 3.59. The fourth-order valence-corrected chi connectivity index (χ4v) is 2.32. The van der Waals surface area contributed by atoms with E-state index in [4.69, 9.17) is 18.7 Å². The summed E-state index contributed by atoms with van der Waals surface area (Å²) in [6, 6.07) is 16.0. The van der Waals surface area contributed by atoms with E-state index in [9.17, 15) is 4.79 Å². The number of ether oxygens (including phenoxy) is 3. The van der Waals surface area contributed by atoms with Crippen molar-refractivity contribution >= 4 is 5.97 Å². The van der Waals surface area contributed by atoms with Crippen molar-refractivity contribution < 1.29 is 23.5 Å². The molecule has 0 saturated heterocycles. The molecule has 0 radical (unpaired) electrons. The van der Waals surface area contributed by atoms with Gasteiger partial charge in [0.05, 0.1) is 14.2 Å². The molecule has 0 saturated carbocycles. The average molecular weight is 339 g/mol. The third-order valence-electron chi connectivity index (χ3n) is 3.59. The van der Waals surface area contributed by atoms with Gasteiger partial charge in [-0.25, -0.2) is 4.79 Å². The zero-order valence-electron chi connectivity index (χ0n) is 13.9. The molecule has 6 heteroatoms. The van der Waals surface area contributed by atoms with Crippen molar-refractivity contribution in [1.82, 2.24) is 5.16 Å². The monoisotopic (exact) mass is 339 g/mol. The van der Waals surface area contributed by atoms with Crippen LogP contribution in [-0.4, -0.2) is 25.3 Å². The number of rotatable bonds is 6. The maximum Gasteiger partial charge on any atom is 0.342 e. The second-order valence-corrected chi connectivity index (χ2v) is 5.19. The van der Waals surface area contributed by atoms with Gasteiger partial charge < -0.3 is 18.7 Å². The molecule has 2 aromatic carbocycles. The highest BCUT2D eigenvalue weighted by molar-refractivity contribution is 5.92. The van der Waals surface area contributed by atoms with Gasteiger partial charge in [-0.15, -0.1) is 0 Å². The zero-order valence-corrected chi connectivity index (χ0v) is 13.9. The van der Waals surface area contributed by atoms with Gasteiger partial charge in [0.15, 0.2) is 5.76 Å². The number of carbonyl (C=O) groups excluding carboxylic acids is 1. The van der Waals surface area contributed by atoms with E-state index >= 15 is 0 Å². The fraction of sp³-hybridized carbons (Fsp3) is 0.158. The maximum atomic E-state index is 12.2. The Morgan fingerprint density at radius 2 is 1.88 bits per heavy atom. The van der Waals surface area contributed by atoms with Crippen LogP contribution in [0.5, 0.6) is 11.5 Å². The van der Waals surface area contributed by atoms with Crippen LogP contribution in [0, 0.1) is 0 Å². The molecule has 0 aliphatic carbocycles. The Balaban J connectivity index is 1.68. The first-order chi connectivity index (χ1) is 12.2. The summed E-state index contributed by atoms with van der Waals surface area (Å²) in [6.07, 6.45) is 0. The van der Waals surface area contributed by atoms with E-state index in [1.54, 1.807) is 37.4 Å². The second-order valence-electron chi connectivity index (χ2n) is 5.19. The molecule has 0 spiro atoms. The largest absolute Gasteiger partial charge is 0.497 e. The smallest absolute Gasteiger partial charge is 0.342 e. The van der Waals surface area contributed by atoms with Crippen LogP contribution in [0.25, 0.3) is 11.3 Å². The number of carbonyl (C=O) groups is 1. The fourth-order valence-electron chi connectivity index (χ4n) is 2.32. The van der Waals surface area contributed by atoms with Crippen molar-refractivity contribution in [3.63, 3.8) is 0 Å². The van der Waals surface area contributed by atoms with Gasteiger partial charge in [0, 0.05) is 11.6 Å². The van der Waals surface area contributed by atoms with Crippen LogP contribution in [0.3, 0.4) is 0 Å². The molecule has 25 heavy (non-hydrogen) atoms. The highest BCUT2D eigenvalue weighted by atomic mass is 16.5. The Morgan fingerprint density at radius 1 is 1.04 bits per heavy atom. The summed E-state index contributed by atoms with van der Waals surface area (Å²) in [6.45, 7) is 0.00432. The van der Waals surface area contributed by atoms with E-state index in [2.05, 4.69) is 5.16 Å². The van der Waals surface area contributed by atoms with Gasteiger partial charge in [0.1, 0.15) is 29.4 Å². The van der Waals surface area contributed by atoms with Crippen molar-refractivity contribution in [3.8, 4) is 22.8 Å². The zero-order chi connectivity index (χ0) is 17.6. The van der Waals surface area contributed by atoms with Crippen LogP contribution in [0.15, 0.2) is 59.1 Å². The van der Waals surface area contributed by atoms with Gasteiger partial charge in [-0.3, -0.25) is 0 Å². The number of hydrogen-bond acceptors (Lipinski definition) is 6. The molecule has 0 atom stereocenters. The predicted octanol–water partition coefficient (Wildman–Crippen LogP) is 3.72. The van der Waals surface area contributed by atoms with E-state index in [-0.39, 0.29) is 6.61 Å². The van der Waals surface area contributed by atoms with Crippen LogP contribution in [0.2, 0.25) is 0 Å². The minimum absolute atomic E-state index is 0.00432. The molecule has 0 amide bonds. The van der Waals surface area contributed by atoms with Crippen LogP contribution in [-0.2, 0) is 11.3 Å². The van der Waals surface area contributed by atoms with Gasteiger partial charge >= 0.3 is 5.97 Å². The number of nitrogens with zero attached hydrogens (tertiary/aromatic N) is 1. The van der Waals surface area contributed by atoms with Crippen molar-refractivity contribution in [2.45, 2.75) is 6.61 Å². The Morgan fingerprint density at radius 3 is 2.68 bits per heavy atom. The SMILES string of the molecule is COc1cccc(-c2cc(COC(=O)c3ccccc3OC)no2)c1. The predicted molar refractivity (Wildman–Crippen MR) is 90.6 cm³/mol. The highest BCUT2D eigenvalue weighted by Gasteiger charge is 2.15. The summed E-state index contributed by atoms with van der Waals surface area (Å²) in [7, 11) is 3.10. The number of aromatic nitrogens is 1. The summed E-state index contributed by atoms with van der Waals surface area (Å²) in [5.74, 6) is 1.27. The minimum atomic E-state index is -0.483. The number of para-hydroxylation sites is 1. The molecule has 0 N–H and O–H groups in total. The van der Waals surface area contributed by atoms with Crippen LogP contribution < -0.4 is 9.47 Å². The molecular formula is C19H17NO5. The van der Waals surface area contributed by atoms with Crippen LogP contribution >= 0.6 is 0 Å². The molecule has 3 rings (SSSR count). The first-order valence-electron chi connectivity index (χ1n) is 7.61. The second kappa shape index (κ2) is 7.53. The first-order valence-corrected chi connectivity index (χ1v) is 7.61. The Labute approximate surface area is 144 Å². The lowest BCUT2D eigenvalue weighted by atomic mass is 10.1. The lowest BCUT2D eigenvalue weighted by Gasteiger charge is -2.07. The Bertz CT molecular complexity index is 872. The van der Waals surface area contributed by atoms with Gasteiger partial charge in [-0.1, -0.05) is 29.4 Å². The van der Waals surface area contributed by atoms with Crippen molar-refractivity contribution in [2.75, 3.05) is 14.2 Å².